The van der Waals surface area contributed by atoms with Gasteiger partial charge in [0.2, 0.25) is 53.2 Å². The molecule has 336 valence electrons. The van der Waals surface area contributed by atoms with Crippen LogP contribution in [0.15, 0.2) is 0 Å². The lowest BCUT2D eigenvalue weighted by molar-refractivity contribution is -0.143. The Morgan fingerprint density at radius 2 is 0.983 bits per heavy atom. The summed E-state index contributed by atoms with van der Waals surface area (Å²) in [7, 11) is 4.31. The van der Waals surface area contributed by atoms with Crippen molar-refractivity contribution in [3.05, 3.63) is 0 Å². The molecular weight excluding hydrogens is 863 g/mol. The number of rotatable bonds is 6. The summed E-state index contributed by atoms with van der Waals surface area (Å²) < 4.78 is 0. The summed E-state index contributed by atoms with van der Waals surface area (Å²) in [5.74, 6) is -8.25. The van der Waals surface area contributed by atoms with Crippen molar-refractivity contribution in [2.24, 2.45) is 17.6 Å². The van der Waals surface area contributed by atoms with Crippen molar-refractivity contribution in [3.8, 4) is 0 Å². The third kappa shape index (κ3) is 14.6. The molecule has 0 unspecified atom stereocenters. The number of nitrogens with zero attached hydrogens (tertiary/aromatic N) is 2. The highest BCUT2D eigenvalue weighted by Crippen LogP contribution is 2.28. The Labute approximate surface area is 364 Å². The number of aliphatic carboxylic acids is 1. The number of fused-ring (bicyclic) bond motifs is 2. The molecule has 24 heteroatoms. The Hall–Kier alpha value is -3.90. The van der Waals surface area contributed by atoms with Crippen LogP contribution >= 0.6 is 43.2 Å². The molecule has 3 rings (SSSR count). The van der Waals surface area contributed by atoms with Crippen molar-refractivity contribution < 1.29 is 53.1 Å². The minimum atomic E-state index is -1.42. The molecule has 3 saturated heterocycles. The Kier molecular flexibility index (Phi) is 20.1. The zero-order valence-corrected chi connectivity index (χ0v) is 37.7. The minimum absolute atomic E-state index is 0.0167. The molecule has 0 aromatic carbocycles. The second kappa shape index (κ2) is 23.9. The lowest BCUT2D eigenvalue weighted by Gasteiger charge is -2.31. The van der Waals surface area contributed by atoms with Crippen LogP contribution in [0.3, 0.4) is 0 Å². The molecule has 3 aliphatic rings. The van der Waals surface area contributed by atoms with Gasteiger partial charge in [0, 0.05) is 49.9 Å². The first-order valence-electron chi connectivity index (χ1n) is 19.6. The number of primary amides is 1. The van der Waals surface area contributed by atoms with Gasteiger partial charge in [0.15, 0.2) is 0 Å². The average Bonchev–Trinajstić information content (AvgIpc) is 3.86. The standard InChI is InChI=1S/C36H57N9O11S4/c1-17(2)27-32(51)40-21(29(37)48)13-57-60-16-24(36(55)56)41-33(52)28(18(3)4)43-31(50)26-10-8-12-45(26)35(54)23(39-20(6)47)15-59-58-14-22(38-19(5)46)34(53)44-11-7-9-25(44)30(49)42-27/h17-18,21-28H,7-16H2,1-6H3,(H2,37,48)(H,38,46)(H,39,47)(H,40,51)(H,41,52)(H,42,49)(H,43,50)(H,55,56)/t21-,22+,23+,24-,25+,26+,27+,28+/m0/s1. The smallest absolute Gasteiger partial charge is 0.327 e. The summed E-state index contributed by atoms with van der Waals surface area (Å²) in [6, 6.07) is -9.09. The number of amides is 9. The van der Waals surface area contributed by atoms with E-state index in [1.165, 1.54) is 23.6 Å². The van der Waals surface area contributed by atoms with E-state index in [-0.39, 0.29) is 48.9 Å². The van der Waals surface area contributed by atoms with Gasteiger partial charge < -0.3 is 52.5 Å². The molecule has 9 N–H and O–H groups in total. The molecular formula is C36H57N9O11S4. The summed E-state index contributed by atoms with van der Waals surface area (Å²) in [4.78, 5) is 134. The highest BCUT2D eigenvalue weighted by atomic mass is 33.1. The maximum Gasteiger partial charge on any atom is 0.327 e. The molecule has 0 saturated carbocycles. The minimum Gasteiger partial charge on any atom is -0.480 e. The van der Waals surface area contributed by atoms with Crippen LogP contribution in [-0.2, 0) is 47.9 Å². The number of carbonyl (C=O) groups excluding carboxylic acids is 9. The Morgan fingerprint density at radius 3 is 1.33 bits per heavy atom. The van der Waals surface area contributed by atoms with Gasteiger partial charge in [0.05, 0.1) is 0 Å². The topological polar surface area (TPSA) is 296 Å². The quantitative estimate of drug-likeness (QED) is 0.142. The molecule has 0 bridgehead atoms. The molecule has 0 spiro atoms. The molecule has 8 atom stereocenters. The Balaban J connectivity index is 1.95. The molecule has 60 heavy (non-hydrogen) atoms. The average molecular weight is 920 g/mol. The van der Waals surface area contributed by atoms with Crippen molar-refractivity contribution in [3.63, 3.8) is 0 Å². The monoisotopic (exact) mass is 919 g/mol. The Bertz CT molecular complexity index is 1520. The van der Waals surface area contributed by atoms with Crippen LogP contribution in [0, 0.1) is 11.8 Å². The van der Waals surface area contributed by atoms with Crippen molar-refractivity contribution in [2.45, 2.75) is 116 Å². The first-order chi connectivity index (χ1) is 28.2. The normalized spacial score (nSPS) is 28.9. The van der Waals surface area contributed by atoms with Crippen molar-refractivity contribution >= 4 is 102 Å². The van der Waals surface area contributed by atoms with E-state index in [1.54, 1.807) is 27.7 Å². The van der Waals surface area contributed by atoms with E-state index in [9.17, 15) is 53.1 Å². The fourth-order valence-electron chi connectivity index (χ4n) is 6.77. The van der Waals surface area contributed by atoms with E-state index in [2.05, 4.69) is 31.9 Å². The van der Waals surface area contributed by atoms with Crippen LogP contribution in [0.5, 0.6) is 0 Å². The van der Waals surface area contributed by atoms with Crippen LogP contribution in [0.1, 0.15) is 67.2 Å². The SMILES string of the molecule is CC(=O)N[C@@H]1CSSC[C@@H](NC(C)=O)C(=O)N2CCC[C@@H]2C(=O)N[C@H](C(C)C)C(=O)N[C@H](C(=O)O)CSSC[C@@H](C(N)=O)NC(=O)[C@@H](C(C)C)NC(=O)[C@H]2CCCN2C1=O. The molecule has 0 radical (unpaired) electrons. The highest BCUT2D eigenvalue weighted by Gasteiger charge is 2.42. The van der Waals surface area contributed by atoms with E-state index < -0.39 is 119 Å². The predicted molar refractivity (Wildman–Crippen MR) is 229 cm³/mol. The maximum absolute atomic E-state index is 13.9. The summed E-state index contributed by atoms with van der Waals surface area (Å²) in [6.07, 6.45) is 1.48. The fraction of sp³-hybridized carbons (Fsp3) is 0.722. The second-order valence-electron chi connectivity index (χ2n) is 15.3. The molecule has 0 aromatic rings. The van der Waals surface area contributed by atoms with Gasteiger partial charge >= 0.3 is 5.97 Å². The largest absolute Gasteiger partial charge is 0.480 e. The van der Waals surface area contributed by atoms with Gasteiger partial charge in [0.1, 0.15) is 48.3 Å². The molecule has 0 aromatic heterocycles. The van der Waals surface area contributed by atoms with E-state index in [4.69, 9.17) is 5.73 Å². The van der Waals surface area contributed by atoms with Gasteiger partial charge in [-0.15, -0.1) is 0 Å². The summed E-state index contributed by atoms with van der Waals surface area (Å²) in [6.45, 7) is 9.57. The maximum atomic E-state index is 13.9. The number of hydrogen-bond donors (Lipinski definition) is 8. The fourth-order valence-corrected chi connectivity index (χ4v) is 11.4. The van der Waals surface area contributed by atoms with Crippen molar-refractivity contribution in [2.75, 3.05) is 36.1 Å². The first-order valence-corrected chi connectivity index (χ1v) is 24.6. The Morgan fingerprint density at radius 1 is 0.617 bits per heavy atom. The van der Waals surface area contributed by atoms with Crippen molar-refractivity contribution in [1.82, 2.24) is 41.7 Å². The lowest BCUT2D eigenvalue weighted by Crippen LogP contribution is -2.59. The number of nitrogens with two attached hydrogens (primary N) is 1. The number of carboxylic acid groups (broad SMARTS) is 1. The summed E-state index contributed by atoms with van der Waals surface area (Å²) in [5.41, 5.74) is 5.60. The molecule has 20 nitrogen and oxygen atoms in total. The van der Waals surface area contributed by atoms with Gasteiger partial charge in [0.25, 0.3) is 0 Å². The third-order valence-electron chi connectivity index (χ3n) is 9.90. The van der Waals surface area contributed by atoms with Gasteiger partial charge in [-0.1, -0.05) is 70.9 Å². The van der Waals surface area contributed by atoms with E-state index in [0.717, 1.165) is 43.2 Å². The summed E-state index contributed by atoms with van der Waals surface area (Å²) in [5, 5.41) is 25.6. The van der Waals surface area contributed by atoms with Crippen LogP contribution in [0.4, 0.5) is 0 Å². The second-order valence-corrected chi connectivity index (χ2v) is 20.5. The molecule has 3 heterocycles. The first kappa shape index (κ1) is 50.5. The van der Waals surface area contributed by atoms with E-state index in [1.807, 2.05) is 0 Å². The van der Waals surface area contributed by atoms with E-state index in [0.29, 0.717) is 12.8 Å². The number of carbonyl (C=O) groups is 10. The van der Waals surface area contributed by atoms with Gasteiger partial charge in [-0.25, -0.2) is 4.79 Å². The highest BCUT2D eigenvalue weighted by molar-refractivity contribution is 8.77. The van der Waals surface area contributed by atoms with Crippen molar-refractivity contribution in [1.29, 1.82) is 0 Å². The van der Waals surface area contributed by atoms with Crippen LogP contribution in [0.2, 0.25) is 0 Å². The number of hydrogen-bond acceptors (Lipinski definition) is 14. The van der Waals surface area contributed by atoms with Crippen LogP contribution < -0.4 is 37.6 Å². The third-order valence-corrected chi connectivity index (χ3v) is 14.7. The number of carboxylic acids is 1. The lowest BCUT2D eigenvalue weighted by atomic mass is 10.0. The number of nitrogens with one attached hydrogen (secondary N) is 6. The van der Waals surface area contributed by atoms with Crippen LogP contribution in [0.25, 0.3) is 0 Å². The molecule has 0 aliphatic carbocycles. The van der Waals surface area contributed by atoms with Gasteiger partial charge in [-0.3, -0.25) is 43.2 Å². The summed E-state index contributed by atoms with van der Waals surface area (Å²) >= 11 is 0. The molecule has 3 fully saturated rings. The zero-order valence-electron chi connectivity index (χ0n) is 34.5. The van der Waals surface area contributed by atoms with E-state index >= 15 is 0 Å². The zero-order chi connectivity index (χ0) is 44.8. The van der Waals surface area contributed by atoms with Gasteiger partial charge in [-0.2, -0.15) is 0 Å². The molecule has 9 amide bonds. The predicted octanol–water partition coefficient (Wildman–Crippen LogP) is -1.42. The molecule has 3 aliphatic heterocycles. The van der Waals surface area contributed by atoms with Gasteiger partial charge in [-0.05, 0) is 37.5 Å². The van der Waals surface area contributed by atoms with Crippen LogP contribution in [-0.4, -0.2) is 158 Å².